The topological polar surface area (TPSA) is 26.0 Å². The van der Waals surface area contributed by atoms with Crippen molar-refractivity contribution in [1.82, 2.24) is 0 Å². The lowest BCUT2D eigenvalue weighted by Gasteiger charge is -2.04. The van der Waals surface area contributed by atoms with Crippen molar-refractivity contribution in [2.24, 2.45) is 5.73 Å². The van der Waals surface area contributed by atoms with Crippen LogP contribution in [0, 0.1) is 5.82 Å². The Balaban J connectivity index is 3.10. The highest BCUT2D eigenvalue weighted by molar-refractivity contribution is 6.35. The molecule has 0 heterocycles. The molecule has 1 rings (SSSR count). The number of halogens is 3. The van der Waals surface area contributed by atoms with Crippen LogP contribution in [0.4, 0.5) is 4.39 Å². The van der Waals surface area contributed by atoms with Crippen LogP contribution in [0.2, 0.25) is 10.0 Å². The van der Waals surface area contributed by atoms with Gasteiger partial charge in [0.05, 0.1) is 0 Å². The fraction of sp³-hybridized carbons (Fsp3) is 0.250. The van der Waals surface area contributed by atoms with Crippen LogP contribution < -0.4 is 5.73 Å². The normalized spacial score (nSPS) is 10.3. The van der Waals surface area contributed by atoms with Gasteiger partial charge in [-0.1, -0.05) is 23.2 Å². The second-order valence-corrected chi connectivity index (χ2v) is 3.23. The maximum Gasteiger partial charge on any atom is 0.129 e. The van der Waals surface area contributed by atoms with Crippen molar-refractivity contribution < 1.29 is 4.39 Å². The van der Waals surface area contributed by atoms with Gasteiger partial charge in [-0.2, -0.15) is 0 Å². The Hall–Kier alpha value is -0.310. The summed E-state index contributed by atoms with van der Waals surface area (Å²) in [5, 5.41) is 0.642. The molecular weight excluding hydrogens is 200 g/mol. The van der Waals surface area contributed by atoms with Gasteiger partial charge >= 0.3 is 0 Å². The third kappa shape index (κ3) is 2.09. The number of hydrogen-bond acceptors (Lipinski definition) is 1. The van der Waals surface area contributed by atoms with E-state index in [4.69, 9.17) is 28.9 Å². The van der Waals surface area contributed by atoms with E-state index in [0.717, 1.165) is 0 Å². The lowest BCUT2D eigenvalue weighted by molar-refractivity contribution is 0.610. The first-order chi connectivity index (χ1) is 5.65. The molecule has 0 fully saturated rings. The standard InChI is InChI=1S/C8H8Cl2FN/c9-5-3-7(10)6(1-2-12)8(11)4-5/h3-4H,1-2,12H2. The molecule has 0 unspecified atom stereocenters. The molecule has 0 saturated carbocycles. The van der Waals surface area contributed by atoms with E-state index < -0.39 is 5.82 Å². The van der Waals surface area contributed by atoms with Crippen molar-refractivity contribution in [2.75, 3.05) is 6.54 Å². The van der Waals surface area contributed by atoms with E-state index in [1.807, 2.05) is 0 Å². The monoisotopic (exact) mass is 207 g/mol. The average molecular weight is 208 g/mol. The number of rotatable bonds is 2. The highest BCUT2D eigenvalue weighted by atomic mass is 35.5. The van der Waals surface area contributed by atoms with E-state index in [0.29, 0.717) is 28.6 Å². The van der Waals surface area contributed by atoms with Gasteiger partial charge in [0.2, 0.25) is 0 Å². The molecule has 0 aliphatic heterocycles. The summed E-state index contributed by atoms with van der Waals surface area (Å²) in [6.45, 7) is 0.373. The Morgan fingerprint density at radius 1 is 1.33 bits per heavy atom. The predicted molar refractivity (Wildman–Crippen MR) is 49.2 cm³/mol. The summed E-state index contributed by atoms with van der Waals surface area (Å²) < 4.78 is 13.1. The molecule has 12 heavy (non-hydrogen) atoms. The fourth-order valence-corrected chi connectivity index (χ4v) is 1.52. The summed E-state index contributed by atoms with van der Waals surface area (Å²) in [7, 11) is 0. The van der Waals surface area contributed by atoms with Crippen LogP contribution in [0.15, 0.2) is 12.1 Å². The Morgan fingerprint density at radius 2 is 2.00 bits per heavy atom. The maximum atomic E-state index is 13.1. The third-order valence-corrected chi connectivity index (χ3v) is 2.06. The van der Waals surface area contributed by atoms with Gasteiger partial charge in [0.1, 0.15) is 5.82 Å². The van der Waals surface area contributed by atoms with Gasteiger partial charge in [-0.3, -0.25) is 0 Å². The highest BCUT2D eigenvalue weighted by Crippen LogP contribution is 2.24. The van der Waals surface area contributed by atoms with E-state index >= 15 is 0 Å². The maximum absolute atomic E-state index is 13.1. The molecule has 1 nitrogen and oxygen atoms in total. The molecule has 0 aliphatic carbocycles. The van der Waals surface area contributed by atoms with Crippen molar-refractivity contribution in [3.63, 3.8) is 0 Å². The van der Waals surface area contributed by atoms with E-state index in [-0.39, 0.29) is 0 Å². The predicted octanol–water partition coefficient (Wildman–Crippen LogP) is 2.63. The lowest BCUT2D eigenvalue weighted by Crippen LogP contribution is -2.05. The Morgan fingerprint density at radius 3 is 2.50 bits per heavy atom. The minimum Gasteiger partial charge on any atom is -0.330 e. The molecule has 0 atom stereocenters. The quantitative estimate of drug-likeness (QED) is 0.794. The van der Waals surface area contributed by atoms with Crippen molar-refractivity contribution in [3.8, 4) is 0 Å². The summed E-state index contributed by atoms with van der Waals surface area (Å²) in [6.07, 6.45) is 0.432. The first kappa shape index (κ1) is 9.78. The van der Waals surface area contributed by atoms with Gasteiger partial charge in [-0.05, 0) is 25.1 Å². The van der Waals surface area contributed by atoms with Crippen molar-refractivity contribution in [2.45, 2.75) is 6.42 Å². The fourth-order valence-electron chi connectivity index (χ4n) is 0.955. The van der Waals surface area contributed by atoms with Gasteiger partial charge in [-0.15, -0.1) is 0 Å². The van der Waals surface area contributed by atoms with Crippen LogP contribution in [0.1, 0.15) is 5.56 Å². The van der Waals surface area contributed by atoms with Crippen LogP contribution in [-0.2, 0) is 6.42 Å². The molecule has 1 aromatic carbocycles. The zero-order chi connectivity index (χ0) is 9.14. The summed E-state index contributed by atoms with van der Waals surface area (Å²) in [4.78, 5) is 0. The second-order valence-electron chi connectivity index (χ2n) is 2.39. The molecule has 4 heteroatoms. The zero-order valence-corrected chi connectivity index (χ0v) is 7.79. The first-order valence-corrected chi connectivity index (χ1v) is 4.24. The van der Waals surface area contributed by atoms with Gasteiger partial charge in [0.15, 0.2) is 0 Å². The van der Waals surface area contributed by atoms with E-state index in [1.165, 1.54) is 12.1 Å². The van der Waals surface area contributed by atoms with Crippen LogP contribution in [0.5, 0.6) is 0 Å². The molecule has 0 aromatic heterocycles. The van der Waals surface area contributed by atoms with Crippen molar-refractivity contribution in [1.29, 1.82) is 0 Å². The largest absolute Gasteiger partial charge is 0.330 e. The summed E-state index contributed by atoms with van der Waals surface area (Å²) in [5.41, 5.74) is 5.71. The second kappa shape index (κ2) is 4.08. The van der Waals surface area contributed by atoms with E-state index in [9.17, 15) is 4.39 Å². The molecule has 2 N–H and O–H groups in total. The summed E-state index contributed by atoms with van der Waals surface area (Å²) >= 11 is 11.3. The summed E-state index contributed by atoms with van der Waals surface area (Å²) in [5.74, 6) is -0.391. The van der Waals surface area contributed by atoms with Gasteiger partial charge in [-0.25, -0.2) is 4.39 Å². The molecule has 0 amide bonds. The molecule has 0 saturated heterocycles. The number of nitrogens with two attached hydrogens (primary N) is 1. The number of hydrogen-bond donors (Lipinski definition) is 1. The zero-order valence-electron chi connectivity index (χ0n) is 6.28. The molecule has 1 aromatic rings. The van der Waals surface area contributed by atoms with Crippen molar-refractivity contribution >= 4 is 23.2 Å². The Labute approximate surface area is 80.3 Å². The van der Waals surface area contributed by atoms with Crippen LogP contribution in [0.3, 0.4) is 0 Å². The summed E-state index contributed by atoms with van der Waals surface area (Å²) in [6, 6.07) is 2.75. The van der Waals surface area contributed by atoms with Crippen LogP contribution >= 0.6 is 23.2 Å². The molecule has 0 aliphatic rings. The molecule has 0 radical (unpaired) electrons. The molecule has 0 spiro atoms. The molecule has 66 valence electrons. The van der Waals surface area contributed by atoms with E-state index in [2.05, 4.69) is 0 Å². The highest BCUT2D eigenvalue weighted by Gasteiger charge is 2.07. The third-order valence-electron chi connectivity index (χ3n) is 1.50. The smallest absolute Gasteiger partial charge is 0.129 e. The Kier molecular flexibility index (Phi) is 3.32. The van der Waals surface area contributed by atoms with Gasteiger partial charge < -0.3 is 5.73 Å². The minimum atomic E-state index is -0.391. The van der Waals surface area contributed by atoms with Gasteiger partial charge in [0, 0.05) is 15.6 Å². The van der Waals surface area contributed by atoms with Crippen LogP contribution in [0.25, 0.3) is 0 Å². The van der Waals surface area contributed by atoms with Gasteiger partial charge in [0.25, 0.3) is 0 Å². The van der Waals surface area contributed by atoms with Crippen molar-refractivity contribution in [3.05, 3.63) is 33.6 Å². The Bertz CT molecular complexity index is 265. The molecular formula is C8H8Cl2FN. The van der Waals surface area contributed by atoms with Crippen LogP contribution in [-0.4, -0.2) is 6.54 Å². The lowest BCUT2D eigenvalue weighted by atomic mass is 10.1. The van der Waals surface area contributed by atoms with E-state index in [1.54, 1.807) is 0 Å². The number of benzene rings is 1. The SMILES string of the molecule is NCCc1c(F)cc(Cl)cc1Cl. The minimum absolute atomic E-state index is 0.304. The first-order valence-electron chi connectivity index (χ1n) is 3.48. The molecule has 0 bridgehead atoms. The average Bonchev–Trinajstić information content (AvgIpc) is 1.96.